The Hall–Kier alpha value is -2.02. The van der Waals surface area contributed by atoms with Crippen LogP contribution in [0.25, 0.3) is 0 Å². The van der Waals surface area contributed by atoms with Gasteiger partial charge in [-0.25, -0.2) is 8.42 Å². The Labute approximate surface area is 111 Å². The van der Waals surface area contributed by atoms with Crippen molar-refractivity contribution in [3.8, 4) is 5.75 Å². The van der Waals surface area contributed by atoms with E-state index >= 15 is 0 Å². The van der Waals surface area contributed by atoms with Gasteiger partial charge in [0.1, 0.15) is 5.75 Å². The van der Waals surface area contributed by atoms with E-state index in [-0.39, 0.29) is 10.7 Å². The van der Waals surface area contributed by atoms with Crippen molar-refractivity contribution in [3.05, 3.63) is 35.5 Å². The lowest BCUT2D eigenvalue weighted by molar-refractivity contribution is 0.411. The molecule has 0 radical (unpaired) electrons. The Kier molecular flexibility index (Phi) is 3.48. The second-order valence-corrected chi connectivity index (χ2v) is 5.86. The Bertz CT molecular complexity index is 692. The number of hydrogen-bond donors (Lipinski definition) is 2. The number of rotatable bonds is 4. The van der Waals surface area contributed by atoms with Gasteiger partial charge in [0.25, 0.3) is 10.0 Å². The molecule has 1 aromatic heterocycles. The Morgan fingerprint density at radius 1 is 1.26 bits per heavy atom. The highest BCUT2D eigenvalue weighted by Crippen LogP contribution is 2.22. The number of nitrogens with zero attached hydrogens (tertiary/aromatic N) is 1. The number of sulfonamides is 1. The molecule has 102 valence electrons. The number of aryl methyl sites for hydroxylation is 2. The van der Waals surface area contributed by atoms with Gasteiger partial charge in [-0.1, -0.05) is 0 Å². The summed E-state index contributed by atoms with van der Waals surface area (Å²) in [6, 6.07) is 6.29. The van der Waals surface area contributed by atoms with Gasteiger partial charge in [-0.2, -0.15) is 5.10 Å². The summed E-state index contributed by atoms with van der Waals surface area (Å²) in [6.07, 6.45) is 0. The van der Waals surface area contributed by atoms with Crippen LogP contribution in [0.4, 0.5) is 5.82 Å². The first-order valence-electron chi connectivity index (χ1n) is 5.62. The Morgan fingerprint density at radius 3 is 2.53 bits per heavy atom. The van der Waals surface area contributed by atoms with Crippen molar-refractivity contribution in [2.75, 3.05) is 11.8 Å². The minimum absolute atomic E-state index is 0.173. The Morgan fingerprint density at radius 2 is 2.00 bits per heavy atom. The van der Waals surface area contributed by atoms with E-state index in [1.54, 1.807) is 39.2 Å². The lowest BCUT2D eigenvalue weighted by Gasteiger charge is -2.08. The molecular weight excluding hydrogens is 266 g/mol. The van der Waals surface area contributed by atoms with Crippen LogP contribution < -0.4 is 9.46 Å². The van der Waals surface area contributed by atoms with Gasteiger partial charge in [0.15, 0.2) is 5.82 Å². The predicted octanol–water partition coefficient (Wildman–Crippen LogP) is 1.84. The van der Waals surface area contributed by atoms with Gasteiger partial charge >= 0.3 is 0 Å². The molecule has 0 bridgehead atoms. The first kappa shape index (κ1) is 13.4. The van der Waals surface area contributed by atoms with Crippen LogP contribution in [-0.4, -0.2) is 25.7 Å². The smallest absolute Gasteiger partial charge is 0.263 e. The molecule has 2 rings (SSSR count). The van der Waals surface area contributed by atoms with Crippen LogP contribution in [0.15, 0.2) is 29.2 Å². The third-order valence-electron chi connectivity index (χ3n) is 2.62. The summed E-state index contributed by atoms with van der Waals surface area (Å²) < 4.78 is 31.8. The highest BCUT2D eigenvalue weighted by Gasteiger charge is 2.16. The summed E-state index contributed by atoms with van der Waals surface area (Å²) in [7, 11) is -2.09. The summed E-state index contributed by atoms with van der Waals surface area (Å²) >= 11 is 0. The van der Waals surface area contributed by atoms with E-state index in [0.29, 0.717) is 5.75 Å². The molecule has 1 aromatic carbocycles. The molecule has 0 aliphatic carbocycles. The predicted molar refractivity (Wildman–Crippen MR) is 71.9 cm³/mol. The summed E-state index contributed by atoms with van der Waals surface area (Å²) in [6.45, 7) is 3.58. The third-order valence-corrected chi connectivity index (χ3v) is 3.97. The van der Waals surface area contributed by atoms with Crippen molar-refractivity contribution in [2.45, 2.75) is 18.7 Å². The average Bonchev–Trinajstić information content (AvgIpc) is 2.73. The number of H-pyrrole nitrogens is 1. The van der Waals surface area contributed by atoms with Gasteiger partial charge in [-0.3, -0.25) is 9.82 Å². The number of benzene rings is 1. The summed E-state index contributed by atoms with van der Waals surface area (Å²) in [5, 5.41) is 6.52. The van der Waals surface area contributed by atoms with Crippen LogP contribution >= 0.6 is 0 Å². The number of hydrogen-bond acceptors (Lipinski definition) is 4. The van der Waals surface area contributed by atoms with Crippen LogP contribution in [0.1, 0.15) is 11.3 Å². The molecule has 1 heterocycles. The molecule has 0 aliphatic heterocycles. The van der Waals surface area contributed by atoms with Gasteiger partial charge in [-0.15, -0.1) is 0 Å². The zero-order valence-electron chi connectivity index (χ0n) is 10.9. The van der Waals surface area contributed by atoms with Gasteiger partial charge in [0, 0.05) is 11.8 Å². The third kappa shape index (κ3) is 2.87. The molecule has 19 heavy (non-hydrogen) atoms. The van der Waals surface area contributed by atoms with E-state index in [9.17, 15) is 8.42 Å². The van der Waals surface area contributed by atoms with Gasteiger partial charge < -0.3 is 4.74 Å². The summed E-state index contributed by atoms with van der Waals surface area (Å²) in [4.78, 5) is 0.173. The zero-order valence-corrected chi connectivity index (χ0v) is 11.7. The van der Waals surface area contributed by atoms with Crippen molar-refractivity contribution in [1.29, 1.82) is 0 Å². The molecule has 0 fully saturated rings. The van der Waals surface area contributed by atoms with Crippen LogP contribution in [-0.2, 0) is 10.0 Å². The van der Waals surface area contributed by atoms with Crippen LogP contribution in [0.3, 0.4) is 0 Å². The second kappa shape index (κ2) is 4.93. The monoisotopic (exact) mass is 281 g/mol. The normalized spacial score (nSPS) is 11.3. The number of aromatic amines is 1. The highest BCUT2D eigenvalue weighted by molar-refractivity contribution is 7.92. The maximum absolute atomic E-state index is 12.2. The van der Waals surface area contributed by atoms with Crippen LogP contribution in [0.5, 0.6) is 5.75 Å². The van der Waals surface area contributed by atoms with Crippen molar-refractivity contribution in [1.82, 2.24) is 10.2 Å². The molecule has 6 nitrogen and oxygen atoms in total. The molecule has 0 aliphatic rings. The molecule has 0 unspecified atom stereocenters. The van der Waals surface area contributed by atoms with Gasteiger partial charge in [-0.05, 0) is 37.6 Å². The first-order valence-corrected chi connectivity index (χ1v) is 7.10. The van der Waals surface area contributed by atoms with E-state index in [1.807, 2.05) is 0 Å². The minimum atomic E-state index is -3.64. The summed E-state index contributed by atoms with van der Waals surface area (Å²) in [5.74, 6) is 0.917. The summed E-state index contributed by atoms with van der Waals surface area (Å²) in [5.41, 5.74) is 1.53. The highest BCUT2D eigenvalue weighted by atomic mass is 32.2. The minimum Gasteiger partial charge on any atom is -0.496 e. The molecule has 0 atom stereocenters. The van der Waals surface area contributed by atoms with Gasteiger partial charge in [0.2, 0.25) is 0 Å². The first-order chi connectivity index (χ1) is 8.92. The standard InChI is InChI=1S/C12H15N3O3S/c1-8-6-10(4-5-11(8)18-3)19(16,17)15-12-7-9(2)13-14-12/h4-7H,1-3H3,(H2,13,14,15). The number of anilines is 1. The van der Waals surface area contributed by atoms with E-state index in [0.717, 1.165) is 11.3 Å². The van der Waals surface area contributed by atoms with Crippen molar-refractivity contribution < 1.29 is 13.2 Å². The number of ether oxygens (including phenoxy) is 1. The largest absolute Gasteiger partial charge is 0.496 e. The van der Waals surface area contributed by atoms with Crippen molar-refractivity contribution in [2.24, 2.45) is 0 Å². The SMILES string of the molecule is COc1ccc(S(=O)(=O)Nc2cc(C)[nH]n2)cc1C. The van der Waals surface area contributed by atoms with E-state index in [2.05, 4.69) is 14.9 Å². The Balaban J connectivity index is 2.31. The lowest BCUT2D eigenvalue weighted by atomic mass is 10.2. The molecule has 7 heteroatoms. The van der Waals surface area contributed by atoms with E-state index in [4.69, 9.17) is 4.74 Å². The molecule has 0 saturated carbocycles. The topological polar surface area (TPSA) is 84.1 Å². The average molecular weight is 281 g/mol. The lowest BCUT2D eigenvalue weighted by Crippen LogP contribution is -2.13. The number of nitrogens with one attached hydrogen (secondary N) is 2. The maximum Gasteiger partial charge on any atom is 0.263 e. The fourth-order valence-electron chi connectivity index (χ4n) is 1.68. The van der Waals surface area contributed by atoms with Crippen LogP contribution in [0.2, 0.25) is 0 Å². The molecule has 0 saturated heterocycles. The van der Waals surface area contributed by atoms with Crippen molar-refractivity contribution >= 4 is 15.8 Å². The van der Waals surface area contributed by atoms with Gasteiger partial charge in [0.05, 0.1) is 12.0 Å². The molecule has 0 amide bonds. The number of methoxy groups -OCH3 is 1. The fourth-order valence-corrected chi connectivity index (χ4v) is 2.76. The quantitative estimate of drug-likeness (QED) is 0.895. The molecule has 2 aromatic rings. The van der Waals surface area contributed by atoms with Crippen molar-refractivity contribution in [3.63, 3.8) is 0 Å². The van der Waals surface area contributed by atoms with E-state index < -0.39 is 10.0 Å². The van der Waals surface area contributed by atoms with E-state index in [1.165, 1.54) is 6.07 Å². The fraction of sp³-hybridized carbons (Fsp3) is 0.250. The molecule has 0 spiro atoms. The van der Waals surface area contributed by atoms with Crippen LogP contribution in [0, 0.1) is 13.8 Å². The maximum atomic E-state index is 12.2. The molecule has 2 N–H and O–H groups in total. The number of aromatic nitrogens is 2. The second-order valence-electron chi connectivity index (χ2n) is 4.17. The molecular formula is C12H15N3O3S. The zero-order chi connectivity index (χ0) is 14.0.